The third kappa shape index (κ3) is 5.79. The van der Waals surface area contributed by atoms with Gasteiger partial charge in [-0.25, -0.2) is 0 Å². The molecule has 0 amide bonds. The number of aliphatic hydroxyl groups excluding tert-OH is 1. The molecule has 1 aromatic carbocycles. The van der Waals surface area contributed by atoms with Crippen molar-refractivity contribution in [3.63, 3.8) is 0 Å². The van der Waals surface area contributed by atoms with Gasteiger partial charge in [-0.15, -0.1) is 12.4 Å². The van der Waals surface area contributed by atoms with Crippen LogP contribution in [-0.4, -0.2) is 42.4 Å². The molecule has 1 aromatic rings. The second-order valence-corrected chi connectivity index (χ2v) is 6.38. The van der Waals surface area contributed by atoms with Crippen LogP contribution in [0.4, 0.5) is 0 Å². The minimum Gasteiger partial charge on any atom is -0.491 e. The van der Waals surface area contributed by atoms with Crippen molar-refractivity contribution in [1.82, 2.24) is 4.90 Å². The van der Waals surface area contributed by atoms with Crippen LogP contribution >= 0.6 is 12.4 Å². The highest BCUT2D eigenvalue weighted by molar-refractivity contribution is 5.85. The molecule has 1 unspecified atom stereocenters. The summed E-state index contributed by atoms with van der Waals surface area (Å²) in [6, 6.07) is 4.22. The average molecular weight is 328 g/mol. The lowest BCUT2D eigenvalue weighted by Gasteiger charge is -2.23. The number of aliphatic hydroxyl groups is 1. The van der Waals surface area contributed by atoms with Crippen molar-refractivity contribution in [2.45, 2.75) is 52.6 Å². The second-order valence-electron chi connectivity index (χ2n) is 6.38. The Bertz CT molecular complexity index is 457. The molecule has 0 radical (unpaired) electrons. The molecule has 2 rings (SSSR count). The molecule has 4 heteroatoms. The maximum Gasteiger partial charge on any atom is 0.122 e. The highest BCUT2D eigenvalue weighted by Gasteiger charge is 2.15. The maximum atomic E-state index is 10.2. The summed E-state index contributed by atoms with van der Waals surface area (Å²) in [5, 5.41) is 10.2. The summed E-state index contributed by atoms with van der Waals surface area (Å²) in [6.45, 7) is 9.57. The molecule has 1 saturated heterocycles. The van der Waals surface area contributed by atoms with E-state index in [1.54, 1.807) is 0 Å². The molecular formula is C18H30ClNO2. The molecule has 126 valence electrons. The smallest absolute Gasteiger partial charge is 0.122 e. The van der Waals surface area contributed by atoms with Gasteiger partial charge in [0.25, 0.3) is 0 Å². The van der Waals surface area contributed by atoms with Crippen molar-refractivity contribution in [3.05, 3.63) is 28.8 Å². The SMILES string of the molecule is Cc1cc(C)c(C)c(OCC(O)CN2CCCCCC2)c1.Cl. The van der Waals surface area contributed by atoms with Crippen molar-refractivity contribution in [1.29, 1.82) is 0 Å². The molecule has 1 heterocycles. The minimum absolute atomic E-state index is 0. The quantitative estimate of drug-likeness (QED) is 0.896. The Kier molecular flexibility index (Phi) is 8.23. The largest absolute Gasteiger partial charge is 0.491 e. The van der Waals surface area contributed by atoms with Crippen molar-refractivity contribution >= 4 is 12.4 Å². The van der Waals surface area contributed by atoms with Crippen LogP contribution in [0.25, 0.3) is 0 Å². The van der Waals surface area contributed by atoms with Crippen LogP contribution in [0.3, 0.4) is 0 Å². The molecule has 22 heavy (non-hydrogen) atoms. The molecule has 3 nitrogen and oxygen atoms in total. The summed E-state index contributed by atoms with van der Waals surface area (Å²) in [7, 11) is 0. The first-order valence-electron chi connectivity index (χ1n) is 8.17. The summed E-state index contributed by atoms with van der Waals surface area (Å²) < 4.78 is 5.86. The fourth-order valence-corrected chi connectivity index (χ4v) is 3.01. The first-order valence-corrected chi connectivity index (χ1v) is 8.17. The van der Waals surface area contributed by atoms with Crippen LogP contribution in [-0.2, 0) is 0 Å². The van der Waals surface area contributed by atoms with E-state index in [9.17, 15) is 5.11 Å². The molecule has 0 bridgehead atoms. The van der Waals surface area contributed by atoms with Gasteiger partial charge in [-0.1, -0.05) is 18.9 Å². The van der Waals surface area contributed by atoms with Crippen LogP contribution in [0.15, 0.2) is 12.1 Å². The standard InChI is InChI=1S/C18H29NO2.ClH/c1-14-10-15(2)16(3)18(11-14)21-13-17(20)12-19-8-6-4-5-7-9-19;/h10-11,17,20H,4-9,12-13H2,1-3H3;1H. The Labute approximate surface area is 141 Å². The zero-order valence-electron chi connectivity index (χ0n) is 14.1. The van der Waals surface area contributed by atoms with Gasteiger partial charge in [-0.05, 0) is 69.5 Å². The first-order chi connectivity index (χ1) is 10.1. The predicted octanol–water partition coefficient (Wildman–Crippen LogP) is 3.65. The van der Waals surface area contributed by atoms with E-state index < -0.39 is 6.10 Å². The van der Waals surface area contributed by atoms with Gasteiger partial charge in [0, 0.05) is 6.54 Å². The molecular weight excluding hydrogens is 298 g/mol. The van der Waals surface area contributed by atoms with Crippen LogP contribution in [0.2, 0.25) is 0 Å². The van der Waals surface area contributed by atoms with Crippen molar-refractivity contribution in [2.24, 2.45) is 0 Å². The number of ether oxygens (including phenoxy) is 1. The van der Waals surface area contributed by atoms with E-state index in [-0.39, 0.29) is 12.4 Å². The summed E-state index contributed by atoms with van der Waals surface area (Å²) >= 11 is 0. The summed E-state index contributed by atoms with van der Waals surface area (Å²) in [6.07, 6.45) is 4.74. The van der Waals surface area contributed by atoms with Gasteiger partial charge in [0.05, 0.1) is 0 Å². The minimum atomic E-state index is -0.414. The fraction of sp³-hybridized carbons (Fsp3) is 0.667. The van der Waals surface area contributed by atoms with Gasteiger partial charge in [-0.2, -0.15) is 0 Å². The Balaban J connectivity index is 0.00000242. The molecule has 0 aromatic heterocycles. The van der Waals surface area contributed by atoms with E-state index in [4.69, 9.17) is 4.74 Å². The normalized spacial score (nSPS) is 17.5. The van der Waals surface area contributed by atoms with Crippen LogP contribution < -0.4 is 4.74 Å². The topological polar surface area (TPSA) is 32.7 Å². The van der Waals surface area contributed by atoms with Gasteiger partial charge in [0.2, 0.25) is 0 Å². The van der Waals surface area contributed by atoms with Crippen molar-refractivity contribution in [3.8, 4) is 5.75 Å². The lowest BCUT2D eigenvalue weighted by molar-refractivity contribution is 0.0691. The molecule has 0 saturated carbocycles. The van der Waals surface area contributed by atoms with Crippen molar-refractivity contribution in [2.75, 3.05) is 26.2 Å². The number of halogens is 1. The van der Waals surface area contributed by atoms with Gasteiger partial charge < -0.3 is 14.7 Å². The molecule has 0 spiro atoms. The predicted molar refractivity (Wildman–Crippen MR) is 94.3 cm³/mol. The van der Waals surface area contributed by atoms with Crippen LogP contribution in [0.1, 0.15) is 42.4 Å². The van der Waals surface area contributed by atoms with Gasteiger partial charge in [0.15, 0.2) is 0 Å². The Morgan fingerprint density at radius 1 is 1.09 bits per heavy atom. The Morgan fingerprint density at radius 3 is 2.36 bits per heavy atom. The fourth-order valence-electron chi connectivity index (χ4n) is 3.01. The number of rotatable bonds is 5. The zero-order valence-corrected chi connectivity index (χ0v) is 14.9. The van der Waals surface area contributed by atoms with E-state index in [1.807, 2.05) is 0 Å². The molecule has 1 atom stereocenters. The molecule has 1 fully saturated rings. The second kappa shape index (κ2) is 9.39. The number of aryl methyl sites for hydroxylation is 2. The Hall–Kier alpha value is -0.770. The van der Waals surface area contributed by atoms with Gasteiger partial charge in [0.1, 0.15) is 18.5 Å². The monoisotopic (exact) mass is 327 g/mol. The Morgan fingerprint density at radius 2 is 1.73 bits per heavy atom. The van der Waals surface area contributed by atoms with Crippen LogP contribution in [0, 0.1) is 20.8 Å². The van der Waals surface area contributed by atoms with E-state index in [1.165, 1.54) is 42.4 Å². The molecule has 1 aliphatic heterocycles. The maximum absolute atomic E-state index is 10.2. The summed E-state index contributed by atoms with van der Waals surface area (Å²) in [4.78, 5) is 2.37. The molecule has 0 aliphatic carbocycles. The third-order valence-corrected chi connectivity index (χ3v) is 4.36. The lowest BCUT2D eigenvalue weighted by Crippen LogP contribution is -2.36. The number of nitrogens with zero attached hydrogens (tertiary/aromatic N) is 1. The average Bonchev–Trinajstić information content (AvgIpc) is 2.70. The van der Waals surface area contributed by atoms with E-state index in [0.29, 0.717) is 6.61 Å². The van der Waals surface area contributed by atoms with Gasteiger partial charge in [-0.3, -0.25) is 0 Å². The van der Waals surface area contributed by atoms with Gasteiger partial charge >= 0.3 is 0 Å². The zero-order chi connectivity index (χ0) is 15.2. The first kappa shape index (κ1) is 19.3. The van der Waals surface area contributed by atoms with Crippen LogP contribution in [0.5, 0.6) is 5.75 Å². The lowest BCUT2D eigenvalue weighted by atomic mass is 10.1. The van der Waals surface area contributed by atoms with E-state index in [0.717, 1.165) is 25.4 Å². The van der Waals surface area contributed by atoms with Crippen molar-refractivity contribution < 1.29 is 9.84 Å². The third-order valence-electron chi connectivity index (χ3n) is 4.36. The number of likely N-dealkylation sites (tertiary alicyclic amines) is 1. The highest BCUT2D eigenvalue weighted by atomic mass is 35.5. The number of hydrogen-bond donors (Lipinski definition) is 1. The number of β-amino-alcohol motifs (C(OH)–C–C–N with tert-alkyl or cyclic N) is 1. The van der Waals surface area contributed by atoms with E-state index >= 15 is 0 Å². The highest BCUT2D eigenvalue weighted by Crippen LogP contribution is 2.23. The molecule has 1 N–H and O–H groups in total. The number of hydrogen-bond acceptors (Lipinski definition) is 3. The number of benzene rings is 1. The molecule has 1 aliphatic rings. The summed E-state index contributed by atoms with van der Waals surface area (Å²) in [5.74, 6) is 0.905. The summed E-state index contributed by atoms with van der Waals surface area (Å²) in [5.41, 5.74) is 3.62. The van der Waals surface area contributed by atoms with E-state index in [2.05, 4.69) is 37.8 Å².